The van der Waals surface area contributed by atoms with Crippen molar-refractivity contribution in [1.82, 2.24) is 20.3 Å². The van der Waals surface area contributed by atoms with Gasteiger partial charge >= 0.3 is 0 Å². The van der Waals surface area contributed by atoms with Gasteiger partial charge in [0.15, 0.2) is 0 Å². The zero-order valence-electron chi connectivity index (χ0n) is 11.4. The van der Waals surface area contributed by atoms with Gasteiger partial charge in [-0.15, -0.1) is 11.3 Å². The van der Waals surface area contributed by atoms with E-state index in [0.717, 1.165) is 29.2 Å². The van der Waals surface area contributed by atoms with Gasteiger partial charge in [0.1, 0.15) is 5.69 Å². The number of thiazole rings is 1. The number of aryl methyl sites for hydroxylation is 1. The highest BCUT2D eigenvalue weighted by atomic mass is 32.1. The average molecular weight is 278 g/mol. The molecule has 0 saturated carbocycles. The van der Waals surface area contributed by atoms with Crippen molar-refractivity contribution in [3.8, 4) is 5.88 Å². The summed E-state index contributed by atoms with van der Waals surface area (Å²) in [5.41, 5.74) is 3.69. The minimum Gasteiger partial charge on any atom is -0.480 e. The molecule has 0 aromatic carbocycles. The Kier molecular flexibility index (Phi) is 4.81. The number of hydrogen-bond acceptors (Lipinski definition) is 6. The number of methoxy groups -OCH3 is 1. The first-order valence-electron chi connectivity index (χ1n) is 6.26. The van der Waals surface area contributed by atoms with Crippen LogP contribution in [0.3, 0.4) is 0 Å². The van der Waals surface area contributed by atoms with Crippen LogP contribution in [0.15, 0.2) is 17.9 Å². The van der Waals surface area contributed by atoms with Gasteiger partial charge in [0, 0.05) is 12.4 Å². The predicted molar refractivity (Wildman–Crippen MR) is 75.6 cm³/mol. The standard InChI is InChI=1S/C13H18N4OS/c1-4-5-14-10(12-9(2)17-8-19-12)11-13(18-3)16-7-6-15-11/h6-8,10,14H,4-5H2,1-3H3. The maximum absolute atomic E-state index is 5.31. The van der Waals surface area contributed by atoms with E-state index in [1.54, 1.807) is 30.8 Å². The third kappa shape index (κ3) is 3.08. The van der Waals surface area contributed by atoms with Gasteiger partial charge in [-0.05, 0) is 19.9 Å². The smallest absolute Gasteiger partial charge is 0.237 e. The highest BCUT2D eigenvalue weighted by Crippen LogP contribution is 2.30. The summed E-state index contributed by atoms with van der Waals surface area (Å²) in [6, 6.07) is -0.0175. The van der Waals surface area contributed by atoms with E-state index in [-0.39, 0.29) is 6.04 Å². The van der Waals surface area contributed by atoms with Crippen molar-refractivity contribution in [2.45, 2.75) is 26.3 Å². The van der Waals surface area contributed by atoms with E-state index in [4.69, 9.17) is 4.74 Å². The van der Waals surface area contributed by atoms with Gasteiger partial charge in [-0.3, -0.25) is 4.98 Å². The largest absolute Gasteiger partial charge is 0.480 e. The lowest BCUT2D eigenvalue weighted by atomic mass is 10.1. The van der Waals surface area contributed by atoms with Crippen LogP contribution in [-0.2, 0) is 0 Å². The molecule has 1 N–H and O–H groups in total. The van der Waals surface area contributed by atoms with Gasteiger partial charge in [0.2, 0.25) is 5.88 Å². The number of rotatable bonds is 6. The summed E-state index contributed by atoms with van der Waals surface area (Å²) in [5.74, 6) is 0.559. The fraction of sp³-hybridized carbons (Fsp3) is 0.462. The van der Waals surface area contributed by atoms with Gasteiger partial charge in [-0.25, -0.2) is 9.97 Å². The zero-order valence-corrected chi connectivity index (χ0v) is 12.2. The molecule has 0 fully saturated rings. The summed E-state index contributed by atoms with van der Waals surface area (Å²) in [6.45, 7) is 5.05. The molecule has 102 valence electrons. The molecule has 0 aliphatic heterocycles. The van der Waals surface area contributed by atoms with Crippen LogP contribution in [0.2, 0.25) is 0 Å². The Labute approximate surface area is 117 Å². The van der Waals surface area contributed by atoms with Crippen molar-refractivity contribution >= 4 is 11.3 Å². The van der Waals surface area contributed by atoms with Crippen LogP contribution in [0.25, 0.3) is 0 Å². The molecule has 2 heterocycles. The van der Waals surface area contributed by atoms with Gasteiger partial charge in [-0.2, -0.15) is 0 Å². The van der Waals surface area contributed by atoms with E-state index in [0.29, 0.717) is 5.88 Å². The summed E-state index contributed by atoms with van der Waals surface area (Å²) in [4.78, 5) is 14.1. The monoisotopic (exact) mass is 278 g/mol. The number of aromatic nitrogens is 3. The second-order valence-corrected chi connectivity index (χ2v) is 5.03. The molecule has 0 aliphatic carbocycles. The second kappa shape index (κ2) is 6.58. The van der Waals surface area contributed by atoms with Crippen molar-refractivity contribution < 1.29 is 4.74 Å². The first-order chi connectivity index (χ1) is 9.27. The molecule has 2 aromatic rings. The zero-order chi connectivity index (χ0) is 13.7. The van der Waals surface area contributed by atoms with Crippen LogP contribution >= 0.6 is 11.3 Å². The van der Waals surface area contributed by atoms with Crippen LogP contribution in [0.4, 0.5) is 0 Å². The van der Waals surface area contributed by atoms with Crippen LogP contribution in [0, 0.1) is 6.92 Å². The van der Waals surface area contributed by atoms with Crippen LogP contribution in [0.5, 0.6) is 5.88 Å². The van der Waals surface area contributed by atoms with Crippen molar-refractivity contribution in [2.24, 2.45) is 0 Å². The summed E-state index contributed by atoms with van der Waals surface area (Å²) >= 11 is 1.63. The highest BCUT2D eigenvalue weighted by molar-refractivity contribution is 7.09. The number of ether oxygens (including phenoxy) is 1. The molecule has 0 bridgehead atoms. The Morgan fingerprint density at radius 2 is 2.11 bits per heavy atom. The summed E-state index contributed by atoms with van der Waals surface area (Å²) < 4.78 is 5.31. The molecule has 1 atom stereocenters. The van der Waals surface area contributed by atoms with Crippen LogP contribution in [0.1, 0.15) is 35.7 Å². The molecule has 0 radical (unpaired) electrons. The van der Waals surface area contributed by atoms with Crippen molar-refractivity contribution in [2.75, 3.05) is 13.7 Å². The molecule has 0 amide bonds. The summed E-state index contributed by atoms with van der Waals surface area (Å²) in [5, 5.41) is 3.49. The molecular weight excluding hydrogens is 260 g/mol. The molecule has 5 nitrogen and oxygen atoms in total. The molecule has 19 heavy (non-hydrogen) atoms. The van der Waals surface area contributed by atoms with Crippen LogP contribution in [-0.4, -0.2) is 28.6 Å². The molecule has 6 heteroatoms. The summed E-state index contributed by atoms with van der Waals surface area (Å²) in [7, 11) is 1.62. The average Bonchev–Trinajstić information content (AvgIpc) is 2.86. The van der Waals surface area contributed by atoms with E-state index < -0.39 is 0 Å². The van der Waals surface area contributed by atoms with Crippen molar-refractivity contribution in [1.29, 1.82) is 0 Å². The molecule has 2 aromatic heterocycles. The van der Waals surface area contributed by atoms with E-state index >= 15 is 0 Å². The van der Waals surface area contributed by atoms with Gasteiger partial charge in [0.25, 0.3) is 0 Å². The van der Waals surface area contributed by atoms with E-state index in [1.165, 1.54) is 0 Å². The normalized spacial score (nSPS) is 12.4. The minimum atomic E-state index is -0.0175. The maximum Gasteiger partial charge on any atom is 0.237 e. The third-order valence-electron chi connectivity index (χ3n) is 2.80. The Morgan fingerprint density at radius 1 is 1.32 bits per heavy atom. The van der Waals surface area contributed by atoms with Gasteiger partial charge in [-0.1, -0.05) is 6.92 Å². The number of hydrogen-bond donors (Lipinski definition) is 1. The molecule has 0 aliphatic rings. The quantitative estimate of drug-likeness (QED) is 0.879. The Balaban J connectivity index is 2.40. The van der Waals surface area contributed by atoms with Gasteiger partial charge in [0.05, 0.1) is 29.2 Å². The molecule has 0 spiro atoms. The van der Waals surface area contributed by atoms with E-state index in [2.05, 4.69) is 27.2 Å². The number of nitrogens with one attached hydrogen (secondary N) is 1. The third-order valence-corrected chi connectivity index (χ3v) is 3.80. The lowest BCUT2D eigenvalue weighted by molar-refractivity contribution is 0.382. The van der Waals surface area contributed by atoms with Gasteiger partial charge < -0.3 is 10.1 Å². The topological polar surface area (TPSA) is 59.9 Å². The SMILES string of the molecule is CCCNC(c1nccnc1OC)c1scnc1C. The minimum absolute atomic E-state index is 0.0175. The lowest BCUT2D eigenvalue weighted by Crippen LogP contribution is -2.24. The molecular formula is C13H18N4OS. The molecule has 2 rings (SSSR count). The Morgan fingerprint density at radius 3 is 2.74 bits per heavy atom. The molecule has 0 saturated heterocycles. The molecule has 1 unspecified atom stereocenters. The first kappa shape index (κ1) is 13.9. The summed E-state index contributed by atoms with van der Waals surface area (Å²) in [6.07, 6.45) is 4.38. The predicted octanol–water partition coefficient (Wildman–Crippen LogP) is 2.34. The van der Waals surface area contributed by atoms with E-state index in [1.807, 2.05) is 12.4 Å². The Hall–Kier alpha value is -1.53. The first-order valence-corrected chi connectivity index (χ1v) is 7.14. The maximum atomic E-state index is 5.31. The number of nitrogens with zero attached hydrogens (tertiary/aromatic N) is 3. The van der Waals surface area contributed by atoms with Crippen molar-refractivity contribution in [3.05, 3.63) is 34.2 Å². The fourth-order valence-electron chi connectivity index (χ4n) is 1.88. The fourth-order valence-corrected chi connectivity index (χ4v) is 2.76. The Bertz CT molecular complexity index is 529. The second-order valence-electron chi connectivity index (χ2n) is 4.14. The highest BCUT2D eigenvalue weighted by Gasteiger charge is 2.23. The van der Waals surface area contributed by atoms with Crippen LogP contribution < -0.4 is 10.1 Å². The van der Waals surface area contributed by atoms with E-state index in [9.17, 15) is 0 Å². The van der Waals surface area contributed by atoms with Crippen molar-refractivity contribution in [3.63, 3.8) is 0 Å². The lowest BCUT2D eigenvalue weighted by Gasteiger charge is -2.18.